The predicted molar refractivity (Wildman–Crippen MR) is 116 cm³/mol. The van der Waals surface area contributed by atoms with Crippen LogP contribution in [0.25, 0.3) is 16.9 Å². The van der Waals surface area contributed by atoms with E-state index in [1.165, 1.54) is 6.42 Å². The molecule has 1 amide bonds. The van der Waals surface area contributed by atoms with Crippen LogP contribution >= 0.6 is 23.2 Å². The van der Waals surface area contributed by atoms with Crippen molar-refractivity contribution in [3.63, 3.8) is 0 Å². The summed E-state index contributed by atoms with van der Waals surface area (Å²) < 4.78 is 2.10. The van der Waals surface area contributed by atoms with Gasteiger partial charge in [0.2, 0.25) is 0 Å². The van der Waals surface area contributed by atoms with Gasteiger partial charge in [0.15, 0.2) is 0 Å². The first-order valence-corrected chi connectivity index (χ1v) is 10.3. The van der Waals surface area contributed by atoms with Gasteiger partial charge in [-0.05, 0) is 62.6 Å². The molecule has 0 radical (unpaired) electrons. The Morgan fingerprint density at radius 1 is 0.929 bits per heavy atom. The van der Waals surface area contributed by atoms with Crippen molar-refractivity contribution in [2.24, 2.45) is 0 Å². The summed E-state index contributed by atoms with van der Waals surface area (Å²) in [5.74, 6) is 0.0956. The van der Waals surface area contributed by atoms with Crippen LogP contribution in [-0.2, 0) is 0 Å². The molecule has 0 atom stereocenters. The molecule has 144 valence electrons. The van der Waals surface area contributed by atoms with Gasteiger partial charge in [0.1, 0.15) is 0 Å². The van der Waals surface area contributed by atoms with Crippen LogP contribution in [0, 0.1) is 6.92 Å². The lowest BCUT2D eigenvalue weighted by atomic mass is 10.1. The van der Waals surface area contributed by atoms with Crippen molar-refractivity contribution < 1.29 is 4.79 Å². The highest BCUT2D eigenvalue weighted by atomic mass is 35.5. The molecule has 0 N–H and O–H groups in total. The van der Waals surface area contributed by atoms with Gasteiger partial charge in [-0.3, -0.25) is 4.79 Å². The van der Waals surface area contributed by atoms with E-state index >= 15 is 0 Å². The molecule has 1 aromatic heterocycles. The molecule has 0 saturated carbocycles. The summed E-state index contributed by atoms with van der Waals surface area (Å²) in [7, 11) is 0. The molecule has 4 rings (SSSR count). The molecule has 3 aromatic rings. The lowest BCUT2D eigenvalue weighted by Crippen LogP contribution is -2.35. The van der Waals surface area contributed by atoms with E-state index < -0.39 is 0 Å². The fraction of sp³-hybridized carbons (Fsp3) is 0.261. The minimum atomic E-state index is 0.0956. The molecule has 0 spiro atoms. The summed E-state index contributed by atoms with van der Waals surface area (Å²) in [5.41, 5.74) is 4.40. The maximum absolute atomic E-state index is 13.2. The van der Waals surface area contributed by atoms with Crippen LogP contribution in [0.5, 0.6) is 0 Å². The number of para-hydroxylation sites is 1. The second-order valence-electron chi connectivity index (χ2n) is 7.18. The summed E-state index contributed by atoms with van der Waals surface area (Å²) in [6.45, 7) is 3.65. The van der Waals surface area contributed by atoms with Gasteiger partial charge < -0.3 is 9.47 Å². The third kappa shape index (κ3) is 3.57. The number of aromatic nitrogens is 1. The van der Waals surface area contributed by atoms with Gasteiger partial charge in [-0.2, -0.15) is 0 Å². The number of carbonyl (C=O) groups excluding carboxylic acids is 1. The minimum absolute atomic E-state index is 0.0956. The first-order valence-electron chi connectivity index (χ1n) is 9.59. The normalized spacial score (nSPS) is 14.3. The van der Waals surface area contributed by atoms with Crippen LogP contribution in [0.15, 0.2) is 54.6 Å². The molecule has 1 saturated heterocycles. The van der Waals surface area contributed by atoms with E-state index in [1.807, 2.05) is 60.4 Å². The number of piperidine rings is 1. The fourth-order valence-corrected chi connectivity index (χ4v) is 4.40. The van der Waals surface area contributed by atoms with Gasteiger partial charge in [0.25, 0.3) is 5.91 Å². The minimum Gasteiger partial charge on any atom is -0.339 e. The monoisotopic (exact) mass is 412 g/mol. The van der Waals surface area contributed by atoms with E-state index in [4.69, 9.17) is 23.2 Å². The Kier molecular flexibility index (Phi) is 5.47. The molecule has 2 heterocycles. The molecule has 1 aliphatic rings. The van der Waals surface area contributed by atoms with Crippen LogP contribution in [0.3, 0.4) is 0 Å². The average molecular weight is 413 g/mol. The summed E-state index contributed by atoms with van der Waals surface area (Å²) in [6, 6.07) is 17.5. The lowest BCUT2D eigenvalue weighted by Gasteiger charge is -2.26. The first kappa shape index (κ1) is 19.1. The number of hydrogen-bond acceptors (Lipinski definition) is 1. The van der Waals surface area contributed by atoms with Gasteiger partial charge in [0, 0.05) is 35.1 Å². The van der Waals surface area contributed by atoms with E-state index in [-0.39, 0.29) is 5.91 Å². The second-order valence-corrected chi connectivity index (χ2v) is 8.02. The Morgan fingerprint density at radius 3 is 2.32 bits per heavy atom. The van der Waals surface area contributed by atoms with E-state index in [0.29, 0.717) is 10.0 Å². The van der Waals surface area contributed by atoms with E-state index in [2.05, 4.69) is 4.57 Å². The van der Waals surface area contributed by atoms with Gasteiger partial charge in [-0.1, -0.05) is 41.4 Å². The third-order valence-corrected chi connectivity index (χ3v) is 5.89. The van der Waals surface area contributed by atoms with Crippen LogP contribution in [0.4, 0.5) is 0 Å². The number of likely N-dealkylation sites (tertiary alicyclic amines) is 1. The highest BCUT2D eigenvalue weighted by molar-refractivity contribution is 6.36. The lowest BCUT2D eigenvalue weighted by molar-refractivity contribution is 0.0723. The third-order valence-electron chi connectivity index (χ3n) is 5.34. The topological polar surface area (TPSA) is 25.2 Å². The number of nitrogens with zero attached hydrogens (tertiary/aromatic N) is 2. The summed E-state index contributed by atoms with van der Waals surface area (Å²) in [6.07, 6.45) is 3.33. The molecule has 1 fully saturated rings. The summed E-state index contributed by atoms with van der Waals surface area (Å²) >= 11 is 12.6. The molecule has 5 heteroatoms. The molecule has 28 heavy (non-hydrogen) atoms. The Bertz CT molecular complexity index is 1000. The Balaban J connectivity index is 1.88. The Hall–Kier alpha value is -2.23. The van der Waals surface area contributed by atoms with Crippen LogP contribution in [-0.4, -0.2) is 28.5 Å². The number of hydrogen-bond donors (Lipinski definition) is 0. The maximum atomic E-state index is 13.2. The summed E-state index contributed by atoms with van der Waals surface area (Å²) in [4.78, 5) is 15.2. The molecule has 0 unspecified atom stereocenters. The van der Waals surface area contributed by atoms with Gasteiger partial charge >= 0.3 is 0 Å². The molecular formula is C23H22Cl2N2O. The zero-order chi connectivity index (χ0) is 19.7. The average Bonchev–Trinajstić information content (AvgIpc) is 3.05. The SMILES string of the molecule is Cc1c(C(=O)N2CCCCC2)cc(-c2ccc(Cl)cc2Cl)n1-c1ccccc1. The van der Waals surface area contributed by atoms with Crippen molar-refractivity contribution in [3.8, 4) is 16.9 Å². The molecule has 2 aromatic carbocycles. The molecule has 1 aliphatic heterocycles. The molecule has 3 nitrogen and oxygen atoms in total. The standard InChI is InChI=1S/C23H22Cl2N2O/c1-16-20(23(28)26-12-6-3-7-13-26)15-22(19-11-10-17(24)14-21(19)25)27(16)18-8-4-2-5-9-18/h2,4-5,8-11,14-15H,3,6-7,12-13H2,1H3. The highest BCUT2D eigenvalue weighted by Gasteiger charge is 2.25. The highest BCUT2D eigenvalue weighted by Crippen LogP contribution is 2.35. The fourth-order valence-electron chi connectivity index (χ4n) is 3.90. The van der Waals surface area contributed by atoms with Crippen LogP contribution < -0.4 is 0 Å². The number of benzene rings is 2. The van der Waals surface area contributed by atoms with Crippen molar-refractivity contribution >= 4 is 29.1 Å². The zero-order valence-corrected chi connectivity index (χ0v) is 17.3. The summed E-state index contributed by atoms with van der Waals surface area (Å²) in [5, 5.41) is 1.16. The maximum Gasteiger partial charge on any atom is 0.255 e. The van der Waals surface area contributed by atoms with Crippen molar-refractivity contribution in [1.82, 2.24) is 9.47 Å². The van der Waals surface area contributed by atoms with Crippen molar-refractivity contribution in [1.29, 1.82) is 0 Å². The smallest absolute Gasteiger partial charge is 0.255 e. The first-order chi connectivity index (χ1) is 13.6. The predicted octanol–water partition coefficient (Wildman–Crippen LogP) is 6.39. The number of amides is 1. The van der Waals surface area contributed by atoms with Crippen LogP contribution in [0.1, 0.15) is 35.3 Å². The van der Waals surface area contributed by atoms with Crippen molar-refractivity contribution in [3.05, 3.63) is 75.9 Å². The Labute approximate surface area is 175 Å². The Morgan fingerprint density at radius 2 is 1.64 bits per heavy atom. The van der Waals surface area contributed by atoms with Gasteiger partial charge in [-0.15, -0.1) is 0 Å². The van der Waals surface area contributed by atoms with E-state index in [9.17, 15) is 4.79 Å². The van der Waals surface area contributed by atoms with Gasteiger partial charge in [-0.25, -0.2) is 0 Å². The second kappa shape index (κ2) is 8.02. The molecular weight excluding hydrogens is 391 g/mol. The van der Waals surface area contributed by atoms with E-state index in [1.54, 1.807) is 6.07 Å². The number of rotatable bonds is 3. The quantitative estimate of drug-likeness (QED) is 0.489. The van der Waals surface area contributed by atoms with Crippen molar-refractivity contribution in [2.75, 3.05) is 13.1 Å². The largest absolute Gasteiger partial charge is 0.339 e. The zero-order valence-electron chi connectivity index (χ0n) is 15.8. The molecule has 0 aliphatic carbocycles. The number of halogens is 2. The van der Waals surface area contributed by atoms with Gasteiger partial charge in [0.05, 0.1) is 16.3 Å². The van der Waals surface area contributed by atoms with Crippen molar-refractivity contribution in [2.45, 2.75) is 26.2 Å². The van der Waals surface area contributed by atoms with E-state index in [0.717, 1.165) is 54.1 Å². The molecule has 0 bridgehead atoms. The number of carbonyl (C=O) groups is 1. The van der Waals surface area contributed by atoms with Crippen LogP contribution in [0.2, 0.25) is 10.0 Å².